The zero-order valence-corrected chi connectivity index (χ0v) is 17.2. The summed E-state index contributed by atoms with van der Waals surface area (Å²) in [6.07, 6.45) is 7.18. The van der Waals surface area contributed by atoms with Gasteiger partial charge in [-0.1, -0.05) is 57.0 Å². The molecule has 29 heavy (non-hydrogen) atoms. The van der Waals surface area contributed by atoms with Crippen LogP contribution in [0.5, 0.6) is 0 Å². The van der Waals surface area contributed by atoms with E-state index in [0.717, 1.165) is 34.4 Å². The van der Waals surface area contributed by atoms with E-state index in [1.54, 1.807) is 6.20 Å². The van der Waals surface area contributed by atoms with Crippen LogP contribution in [0.1, 0.15) is 44.8 Å². The number of fused-ring (bicyclic) bond motifs is 3. The molecule has 3 aromatic heterocycles. The molecule has 5 heteroatoms. The van der Waals surface area contributed by atoms with Gasteiger partial charge in [0.2, 0.25) is 0 Å². The largest absolute Gasteiger partial charge is 0.311 e. The fourth-order valence-electron chi connectivity index (χ4n) is 4.94. The Hall–Kier alpha value is -2.95. The van der Waals surface area contributed by atoms with E-state index in [4.69, 9.17) is 5.10 Å². The Morgan fingerprint density at radius 3 is 2.66 bits per heavy atom. The molecule has 1 saturated carbocycles. The molecule has 148 valence electrons. The Morgan fingerprint density at radius 2 is 1.86 bits per heavy atom. The van der Waals surface area contributed by atoms with E-state index in [9.17, 15) is 4.79 Å². The predicted molar refractivity (Wildman–Crippen MR) is 116 cm³/mol. The summed E-state index contributed by atoms with van der Waals surface area (Å²) >= 11 is 0. The van der Waals surface area contributed by atoms with Gasteiger partial charge < -0.3 is 4.57 Å². The lowest BCUT2D eigenvalue weighted by molar-refractivity contribution is 0.183. The van der Waals surface area contributed by atoms with Gasteiger partial charge in [0.25, 0.3) is 5.56 Å². The average Bonchev–Trinajstić information content (AvgIpc) is 3.07. The first-order valence-electron chi connectivity index (χ1n) is 10.5. The normalized spacial score (nSPS) is 22.4. The van der Waals surface area contributed by atoms with Gasteiger partial charge >= 0.3 is 0 Å². The molecule has 5 rings (SSSR count). The van der Waals surface area contributed by atoms with Crippen molar-refractivity contribution in [1.82, 2.24) is 19.2 Å². The molecular weight excluding hydrogens is 360 g/mol. The molecule has 0 N–H and O–H groups in total. The summed E-state index contributed by atoms with van der Waals surface area (Å²) in [5.74, 6) is 1.13. The second kappa shape index (κ2) is 6.83. The molecule has 3 atom stereocenters. The summed E-state index contributed by atoms with van der Waals surface area (Å²) in [5.41, 5.74) is 4.67. The van der Waals surface area contributed by atoms with Gasteiger partial charge in [-0.2, -0.15) is 5.10 Å². The minimum Gasteiger partial charge on any atom is -0.311 e. The summed E-state index contributed by atoms with van der Waals surface area (Å²) in [5, 5.41) is 5.37. The van der Waals surface area contributed by atoms with Crippen molar-refractivity contribution in [3.05, 3.63) is 64.8 Å². The Morgan fingerprint density at radius 1 is 1.07 bits per heavy atom. The standard InChI is InChI=1S/C24H26N4O/c1-15-8-7-11-20(16(15)2)27-13-12-21-19(24(27)29)14-25-23-22(17(3)26-28(21)23)18-9-5-4-6-10-18/h4-6,9-10,12-16,20H,7-8,11H2,1-3H3/t15-,16-,20-/m0/s1. The molecule has 5 nitrogen and oxygen atoms in total. The van der Waals surface area contributed by atoms with Gasteiger partial charge in [0.05, 0.1) is 16.6 Å². The summed E-state index contributed by atoms with van der Waals surface area (Å²) in [6.45, 7) is 6.57. The van der Waals surface area contributed by atoms with E-state index in [0.29, 0.717) is 17.2 Å². The van der Waals surface area contributed by atoms with Crippen LogP contribution < -0.4 is 5.56 Å². The molecule has 1 aliphatic carbocycles. The molecule has 0 unspecified atom stereocenters. The molecule has 0 spiro atoms. The van der Waals surface area contributed by atoms with Gasteiger partial charge in [0.1, 0.15) is 0 Å². The SMILES string of the molecule is Cc1nn2c(ncc3c(=O)n([C@H]4CCC[C@H](C)[C@@H]4C)ccc32)c1-c1ccccc1. The van der Waals surface area contributed by atoms with Crippen LogP contribution in [-0.2, 0) is 0 Å². The highest BCUT2D eigenvalue weighted by molar-refractivity contribution is 5.86. The molecule has 0 radical (unpaired) electrons. The van der Waals surface area contributed by atoms with E-state index < -0.39 is 0 Å². The Bertz CT molecular complexity index is 1250. The van der Waals surface area contributed by atoms with Crippen molar-refractivity contribution in [2.45, 2.75) is 46.1 Å². The zero-order chi connectivity index (χ0) is 20.1. The van der Waals surface area contributed by atoms with Crippen molar-refractivity contribution in [2.75, 3.05) is 0 Å². The van der Waals surface area contributed by atoms with Crippen LogP contribution in [-0.4, -0.2) is 19.2 Å². The van der Waals surface area contributed by atoms with Crippen molar-refractivity contribution >= 4 is 16.6 Å². The quantitative estimate of drug-likeness (QED) is 0.486. The lowest BCUT2D eigenvalue weighted by atomic mass is 9.78. The van der Waals surface area contributed by atoms with Crippen molar-refractivity contribution in [1.29, 1.82) is 0 Å². The first kappa shape index (κ1) is 18.1. The highest BCUT2D eigenvalue weighted by atomic mass is 16.1. The topological polar surface area (TPSA) is 52.2 Å². The molecule has 0 saturated heterocycles. The molecule has 4 aromatic rings. The molecule has 1 aliphatic rings. The highest BCUT2D eigenvalue weighted by Gasteiger charge is 2.29. The number of hydrogen-bond acceptors (Lipinski definition) is 3. The molecule has 3 heterocycles. The van der Waals surface area contributed by atoms with Gasteiger partial charge in [-0.25, -0.2) is 9.50 Å². The van der Waals surface area contributed by atoms with Crippen molar-refractivity contribution in [3.63, 3.8) is 0 Å². The Balaban J connectivity index is 1.70. The highest BCUT2D eigenvalue weighted by Crippen LogP contribution is 2.37. The molecule has 0 amide bonds. The van der Waals surface area contributed by atoms with Crippen LogP contribution in [0, 0.1) is 18.8 Å². The third-order valence-corrected chi connectivity index (χ3v) is 6.80. The fourth-order valence-corrected chi connectivity index (χ4v) is 4.94. The van der Waals surface area contributed by atoms with Crippen LogP contribution in [0.2, 0.25) is 0 Å². The first-order valence-corrected chi connectivity index (χ1v) is 10.5. The minimum atomic E-state index is 0.0391. The van der Waals surface area contributed by atoms with Gasteiger partial charge in [-0.05, 0) is 36.8 Å². The smallest absolute Gasteiger partial charge is 0.261 e. The second-order valence-electron chi connectivity index (χ2n) is 8.48. The fraction of sp³-hybridized carbons (Fsp3) is 0.375. The summed E-state index contributed by atoms with van der Waals surface area (Å²) in [6, 6.07) is 12.5. The maximum Gasteiger partial charge on any atom is 0.261 e. The lowest BCUT2D eigenvalue weighted by Gasteiger charge is -2.35. The predicted octanol–water partition coefficient (Wildman–Crippen LogP) is 5.02. The van der Waals surface area contributed by atoms with E-state index in [-0.39, 0.29) is 11.6 Å². The average molecular weight is 386 g/mol. The summed E-state index contributed by atoms with van der Waals surface area (Å²) < 4.78 is 3.76. The monoisotopic (exact) mass is 386 g/mol. The van der Waals surface area contributed by atoms with E-state index in [2.05, 4.69) is 31.0 Å². The molecule has 0 bridgehead atoms. The first-order chi connectivity index (χ1) is 14.1. The Labute approximate surface area is 170 Å². The van der Waals surface area contributed by atoms with Crippen molar-refractivity contribution < 1.29 is 0 Å². The van der Waals surface area contributed by atoms with Crippen molar-refractivity contribution in [3.8, 4) is 11.1 Å². The Kier molecular flexibility index (Phi) is 4.26. The van der Waals surface area contributed by atoms with Crippen LogP contribution in [0.3, 0.4) is 0 Å². The number of benzene rings is 1. The minimum absolute atomic E-state index is 0.0391. The number of pyridine rings is 1. The van der Waals surface area contributed by atoms with Crippen LogP contribution in [0.15, 0.2) is 53.6 Å². The van der Waals surface area contributed by atoms with Crippen molar-refractivity contribution in [2.24, 2.45) is 11.8 Å². The maximum absolute atomic E-state index is 13.4. The third kappa shape index (κ3) is 2.79. The number of nitrogens with zero attached hydrogens (tertiary/aromatic N) is 4. The van der Waals surface area contributed by atoms with Crippen LogP contribution in [0.4, 0.5) is 0 Å². The molecule has 0 aliphatic heterocycles. The van der Waals surface area contributed by atoms with Gasteiger partial charge in [-0.3, -0.25) is 4.79 Å². The second-order valence-corrected chi connectivity index (χ2v) is 8.48. The molecule has 1 fully saturated rings. The molecule has 1 aromatic carbocycles. The van der Waals surface area contributed by atoms with E-state index in [1.165, 1.54) is 12.8 Å². The van der Waals surface area contributed by atoms with Crippen LogP contribution >= 0.6 is 0 Å². The lowest BCUT2D eigenvalue weighted by Crippen LogP contribution is -2.33. The number of hydrogen-bond donors (Lipinski definition) is 0. The third-order valence-electron chi connectivity index (χ3n) is 6.80. The van der Waals surface area contributed by atoms with E-state index >= 15 is 0 Å². The number of rotatable bonds is 2. The van der Waals surface area contributed by atoms with Gasteiger partial charge in [-0.15, -0.1) is 0 Å². The molecular formula is C24H26N4O. The van der Waals surface area contributed by atoms with Gasteiger partial charge in [0.15, 0.2) is 5.65 Å². The summed E-state index contributed by atoms with van der Waals surface area (Å²) in [7, 11) is 0. The maximum atomic E-state index is 13.4. The number of aryl methyl sites for hydroxylation is 1. The summed E-state index contributed by atoms with van der Waals surface area (Å²) in [4.78, 5) is 18.0. The zero-order valence-electron chi connectivity index (χ0n) is 17.2. The van der Waals surface area contributed by atoms with E-state index in [1.807, 2.05) is 46.5 Å². The van der Waals surface area contributed by atoms with Gasteiger partial charge in [0, 0.05) is 24.0 Å². The number of aromatic nitrogens is 4. The van der Waals surface area contributed by atoms with Crippen LogP contribution in [0.25, 0.3) is 27.7 Å².